The molecule has 0 bridgehead atoms. The molecule has 0 radical (unpaired) electrons. The lowest BCUT2D eigenvalue weighted by Crippen LogP contribution is -2.38. The number of ether oxygens (including phenoxy) is 2. The molecule has 0 aromatic heterocycles. The van der Waals surface area contributed by atoms with E-state index in [1.54, 1.807) is 0 Å². The number of nitrogens with zero attached hydrogens (tertiary/aromatic N) is 3. The van der Waals surface area contributed by atoms with Crippen molar-refractivity contribution < 1.29 is 19.1 Å². The van der Waals surface area contributed by atoms with Gasteiger partial charge in [0, 0.05) is 45.2 Å². The predicted molar refractivity (Wildman–Crippen MR) is 335 cm³/mol. The topological polar surface area (TPSA) is 71.4 Å². The van der Waals surface area contributed by atoms with Gasteiger partial charge >= 0.3 is 11.9 Å². The minimum absolute atomic E-state index is 0.0290. The molecule has 0 fully saturated rings. The third-order valence-corrected chi connectivity index (χ3v) is 16.6. The van der Waals surface area contributed by atoms with E-state index >= 15 is 0 Å². The highest BCUT2D eigenvalue weighted by molar-refractivity contribution is 5.69. The molecule has 0 aliphatic rings. The Hall–Kier alpha value is -1.89. The number of unbranched alkanes of at least 4 members (excludes halogenated alkanes) is 33. The van der Waals surface area contributed by atoms with Gasteiger partial charge < -0.3 is 19.3 Å². The molecule has 0 rings (SSSR count). The number of esters is 2. The van der Waals surface area contributed by atoms with Gasteiger partial charge in [-0.25, -0.2) is 0 Å². The first kappa shape index (κ1) is 74.1. The molecule has 76 heavy (non-hydrogen) atoms. The van der Waals surface area contributed by atoms with Crippen molar-refractivity contribution in [2.24, 2.45) is 16.8 Å². The maximum absolute atomic E-state index is 12.9. The summed E-state index contributed by atoms with van der Waals surface area (Å²) in [6.07, 6.45) is 63.3. The molecule has 0 aliphatic heterocycles. The Morgan fingerprint density at radius 1 is 0.395 bits per heavy atom. The van der Waals surface area contributed by atoms with Gasteiger partial charge in [0.05, 0.1) is 18.9 Å². The van der Waals surface area contributed by atoms with E-state index in [0.717, 1.165) is 50.9 Å². The van der Waals surface area contributed by atoms with E-state index in [1.807, 2.05) is 6.92 Å². The third kappa shape index (κ3) is 51.5. The van der Waals surface area contributed by atoms with Crippen molar-refractivity contribution in [1.29, 1.82) is 0 Å². The summed E-state index contributed by atoms with van der Waals surface area (Å²) in [6.45, 7) is 21.9. The summed E-state index contributed by atoms with van der Waals surface area (Å²) in [5.74, 6) is 1.13. The van der Waals surface area contributed by atoms with Gasteiger partial charge in [-0.15, -0.1) is 0 Å². The monoisotopic (exact) mass is 1070 g/mol. The highest BCUT2D eigenvalue weighted by atomic mass is 16.5. The van der Waals surface area contributed by atoms with E-state index in [-0.39, 0.29) is 11.9 Å². The second-order valence-electron chi connectivity index (χ2n) is 24.2. The molecule has 0 aromatic rings. The Labute approximate surface area is 476 Å². The molecule has 7 heteroatoms. The molecule has 7 nitrogen and oxygen atoms in total. The number of allylic oxidation sites excluding steroid dienone is 1. The van der Waals surface area contributed by atoms with Gasteiger partial charge in [0.2, 0.25) is 0 Å². The van der Waals surface area contributed by atoms with Crippen molar-refractivity contribution in [3.05, 3.63) is 11.9 Å². The van der Waals surface area contributed by atoms with Crippen LogP contribution in [0.3, 0.4) is 0 Å². The Kier molecular flexibility index (Phi) is 57.8. The number of hydrogen-bond acceptors (Lipinski definition) is 7. The van der Waals surface area contributed by atoms with Crippen molar-refractivity contribution in [3.8, 4) is 0 Å². The molecular formula is C69H135N3O4. The predicted octanol–water partition coefficient (Wildman–Crippen LogP) is 21.7. The van der Waals surface area contributed by atoms with Crippen LogP contribution in [0.1, 0.15) is 356 Å². The quantitative estimate of drug-likeness (QED) is 0.0343. The molecular weight excluding hydrogens is 935 g/mol. The summed E-state index contributed by atoms with van der Waals surface area (Å²) < 4.78 is 11.8. The Balaban J connectivity index is 5.21. The number of carbonyl (C=O) groups is 2. The molecule has 2 atom stereocenters. The van der Waals surface area contributed by atoms with E-state index in [2.05, 4.69) is 69.4 Å². The Bertz CT molecular complexity index is 1190. The highest BCUT2D eigenvalue weighted by Gasteiger charge is 2.19. The molecule has 0 heterocycles. The van der Waals surface area contributed by atoms with Gasteiger partial charge in [-0.3, -0.25) is 14.6 Å². The Morgan fingerprint density at radius 3 is 1.04 bits per heavy atom. The van der Waals surface area contributed by atoms with E-state index in [4.69, 9.17) is 9.47 Å². The average molecular weight is 1070 g/mol. The minimum atomic E-state index is 0.0290. The van der Waals surface area contributed by atoms with Crippen LogP contribution in [0.2, 0.25) is 0 Å². The summed E-state index contributed by atoms with van der Waals surface area (Å²) >= 11 is 0. The van der Waals surface area contributed by atoms with Crippen LogP contribution in [0.5, 0.6) is 0 Å². The second kappa shape index (κ2) is 59.2. The number of rotatable bonds is 62. The van der Waals surface area contributed by atoms with Crippen molar-refractivity contribution in [2.75, 3.05) is 39.9 Å². The third-order valence-electron chi connectivity index (χ3n) is 16.6. The zero-order valence-electron chi connectivity index (χ0n) is 52.7. The first-order valence-electron chi connectivity index (χ1n) is 34.1. The van der Waals surface area contributed by atoms with Crippen LogP contribution < -0.4 is 0 Å². The number of carbonyl (C=O) groups excluding carboxylic acids is 2. The van der Waals surface area contributed by atoms with Gasteiger partial charge in [0.25, 0.3) is 0 Å². The lowest BCUT2D eigenvalue weighted by Gasteiger charge is -2.33. The molecule has 0 saturated heterocycles. The van der Waals surface area contributed by atoms with Crippen LogP contribution in [0.15, 0.2) is 16.9 Å². The fourth-order valence-corrected chi connectivity index (χ4v) is 11.4. The van der Waals surface area contributed by atoms with Crippen molar-refractivity contribution in [1.82, 2.24) is 9.80 Å². The molecule has 0 amide bonds. The van der Waals surface area contributed by atoms with E-state index < -0.39 is 0 Å². The smallest absolute Gasteiger partial charge is 0.305 e. The maximum atomic E-state index is 12.9. The molecule has 0 aliphatic carbocycles. The van der Waals surface area contributed by atoms with Crippen LogP contribution in [0.4, 0.5) is 0 Å². The number of aliphatic imine (C=N–C) groups is 1. The van der Waals surface area contributed by atoms with Crippen LogP contribution in [-0.4, -0.2) is 74.4 Å². The fourth-order valence-electron chi connectivity index (χ4n) is 11.4. The summed E-state index contributed by atoms with van der Waals surface area (Å²) in [5, 5.41) is 0. The largest absolute Gasteiger partial charge is 0.465 e. The van der Waals surface area contributed by atoms with Crippen LogP contribution in [-0.2, 0) is 19.1 Å². The second-order valence-corrected chi connectivity index (χ2v) is 24.2. The van der Waals surface area contributed by atoms with Crippen LogP contribution >= 0.6 is 0 Å². The highest BCUT2D eigenvalue weighted by Crippen LogP contribution is 2.24. The average Bonchev–Trinajstić information content (AvgIpc) is 3.41. The fraction of sp³-hybridized carbons (Fsp3) is 0.928. The van der Waals surface area contributed by atoms with Crippen molar-refractivity contribution in [3.63, 3.8) is 0 Å². The first-order chi connectivity index (χ1) is 37.2. The summed E-state index contributed by atoms with van der Waals surface area (Å²) in [4.78, 5) is 35.0. The zero-order chi connectivity index (χ0) is 55.6. The number of hydrogen-bond donors (Lipinski definition) is 0. The summed E-state index contributed by atoms with van der Waals surface area (Å²) in [7, 11) is 2.18. The summed E-state index contributed by atoms with van der Waals surface area (Å²) in [6, 6.07) is 0.638. The molecule has 0 saturated carbocycles. The van der Waals surface area contributed by atoms with Crippen LogP contribution in [0.25, 0.3) is 0 Å². The first-order valence-corrected chi connectivity index (χ1v) is 34.1. The van der Waals surface area contributed by atoms with Gasteiger partial charge in [-0.05, 0) is 96.2 Å². The van der Waals surface area contributed by atoms with Crippen molar-refractivity contribution in [2.45, 2.75) is 362 Å². The van der Waals surface area contributed by atoms with Gasteiger partial charge in [-0.1, -0.05) is 272 Å². The van der Waals surface area contributed by atoms with Crippen molar-refractivity contribution >= 4 is 18.7 Å². The molecule has 0 spiro atoms. The van der Waals surface area contributed by atoms with E-state index in [9.17, 15) is 9.59 Å². The maximum Gasteiger partial charge on any atom is 0.305 e. The molecule has 0 aromatic carbocycles. The van der Waals surface area contributed by atoms with Crippen LogP contribution in [0, 0.1) is 11.8 Å². The lowest BCUT2D eigenvalue weighted by atomic mass is 9.95. The van der Waals surface area contributed by atoms with Gasteiger partial charge in [-0.2, -0.15) is 0 Å². The SMILES string of the molecule is C=N/C(C)=C\N(C)CCCN(CCCCCCCCCC)C(CCCCCCCCC(=O)OCC(CCCCCC)CCCCCCCC)CCCCCCCCC(=O)OCC(CCCCCC)CCCCCCCC. The molecule has 2 unspecified atom stereocenters. The zero-order valence-corrected chi connectivity index (χ0v) is 52.7. The lowest BCUT2D eigenvalue weighted by molar-refractivity contribution is -0.146. The normalized spacial score (nSPS) is 13.1. The Morgan fingerprint density at radius 2 is 0.684 bits per heavy atom. The van der Waals surface area contributed by atoms with Gasteiger partial charge in [0.15, 0.2) is 0 Å². The van der Waals surface area contributed by atoms with E-state index in [0.29, 0.717) is 43.9 Å². The minimum Gasteiger partial charge on any atom is -0.465 e. The molecule has 0 N–H and O–H groups in total. The standard InChI is InChI=1S/C69H135N3O4/c1-9-14-19-24-27-32-39-48-59-72(60-49-58-71(8)61-64(6)70-7)67(54-44-35-28-30-37-46-56-68(73)75-62-65(50-40-22-17-12-4)52-42-33-25-20-15-10-2)55-45-36-29-31-38-47-57-69(74)76-63-66(51-41-23-18-13-5)53-43-34-26-21-16-11-3/h61,65-67H,7,9-60,62-63H2,1-6,8H3/b64-61-. The van der Waals surface area contributed by atoms with Gasteiger partial charge in [0.1, 0.15) is 0 Å². The molecule has 450 valence electrons. The summed E-state index contributed by atoms with van der Waals surface area (Å²) in [5.41, 5.74) is 0.975. The van der Waals surface area contributed by atoms with E-state index in [1.165, 1.54) is 276 Å².